The summed E-state index contributed by atoms with van der Waals surface area (Å²) in [6.07, 6.45) is 2.74. The summed E-state index contributed by atoms with van der Waals surface area (Å²) in [5.74, 6) is -1.31. The number of hydrogen-bond acceptors (Lipinski definition) is 6. The Labute approximate surface area is 209 Å². The Bertz CT molecular complexity index is 1380. The summed E-state index contributed by atoms with van der Waals surface area (Å²) in [7, 11) is -3.94. The molecule has 8 nitrogen and oxygen atoms in total. The maximum atomic E-state index is 13.2. The fraction of sp³-hybridized carbons (Fsp3) is 0.174. The third kappa shape index (κ3) is 5.46. The lowest BCUT2D eigenvalue weighted by atomic mass is 9.93. The number of carbonyl (C=O) groups is 2. The number of urea groups is 1. The predicted molar refractivity (Wildman–Crippen MR) is 128 cm³/mol. The number of sulfonamides is 1. The van der Waals surface area contributed by atoms with Gasteiger partial charge in [0.1, 0.15) is 6.04 Å². The minimum atomic E-state index is -4.47. The molecule has 0 saturated carbocycles. The van der Waals surface area contributed by atoms with E-state index in [9.17, 15) is 31.2 Å². The van der Waals surface area contributed by atoms with Gasteiger partial charge in [0.05, 0.1) is 22.5 Å². The fourth-order valence-corrected chi connectivity index (χ4v) is 5.38. The highest BCUT2D eigenvalue weighted by Crippen LogP contribution is 2.38. The molecule has 1 saturated heterocycles. The molecule has 3 amide bonds. The van der Waals surface area contributed by atoms with Crippen molar-refractivity contribution in [3.8, 4) is 0 Å². The van der Waals surface area contributed by atoms with Crippen molar-refractivity contribution < 1.29 is 31.2 Å². The summed E-state index contributed by atoms with van der Waals surface area (Å²) < 4.78 is 65.9. The summed E-state index contributed by atoms with van der Waals surface area (Å²) in [6.45, 7) is 1.64. The van der Waals surface area contributed by atoms with Crippen LogP contribution in [0.2, 0.25) is 0 Å². The van der Waals surface area contributed by atoms with E-state index in [1.54, 1.807) is 31.2 Å². The number of amides is 3. The molecule has 0 spiro atoms. The Morgan fingerprint density at radius 1 is 1.06 bits per heavy atom. The number of anilines is 2. The van der Waals surface area contributed by atoms with Crippen molar-refractivity contribution >= 4 is 45.1 Å². The first kappa shape index (κ1) is 25.5. The van der Waals surface area contributed by atoms with Crippen LogP contribution < -0.4 is 14.9 Å². The molecule has 1 aliphatic rings. The highest BCUT2D eigenvalue weighted by molar-refractivity contribution is 8.00. The first-order valence-corrected chi connectivity index (χ1v) is 12.8. The van der Waals surface area contributed by atoms with Crippen LogP contribution in [0.1, 0.15) is 18.4 Å². The molecule has 2 atom stereocenters. The zero-order chi connectivity index (χ0) is 26.1. The number of halogens is 3. The second-order valence-electron chi connectivity index (χ2n) is 7.81. The molecule has 0 radical (unpaired) electrons. The molecule has 3 aromatic rings. The van der Waals surface area contributed by atoms with Crippen molar-refractivity contribution in [1.82, 2.24) is 10.3 Å². The number of rotatable bonds is 7. The number of hydrogen-bond donors (Lipinski definition) is 2. The van der Waals surface area contributed by atoms with Crippen LogP contribution in [0.5, 0.6) is 0 Å². The second-order valence-corrected chi connectivity index (χ2v) is 10.6. The Balaban J connectivity index is 1.56. The minimum Gasteiger partial charge on any atom is -0.325 e. The topological polar surface area (TPSA) is 108 Å². The number of imide groups is 1. The molecular weight excluding hydrogens is 517 g/mol. The van der Waals surface area contributed by atoms with Gasteiger partial charge in [-0.15, -0.1) is 0 Å². The molecule has 36 heavy (non-hydrogen) atoms. The average Bonchev–Trinajstić information content (AvgIpc) is 3.12. The van der Waals surface area contributed by atoms with Gasteiger partial charge in [-0.1, -0.05) is 25.1 Å². The number of thioether (sulfide) groups is 1. The summed E-state index contributed by atoms with van der Waals surface area (Å²) >= 11 is -0.305. The average molecular weight is 537 g/mol. The molecular formula is C23H19F3N4O4S2. The fourth-order valence-electron chi connectivity index (χ4n) is 3.75. The molecule has 2 aromatic carbocycles. The molecule has 13 heteroatoms. The summed E-state index contributed by atoms with van der Waals surface area (Å²) in [5, 5.41) is 2.58. The van der Waals surface area contributed by atoms with Gasteiger partial charge in [-0.25, -0.2) is 18.1 Å². The maximum absolute atomic E-state index is 13.2. The third-order valence-electron chi connectivity index (χ3n) is 5.44. The van der Waals surface area contributed by atoms with E-state index < -0.39 is 39.4 Å². The second kappa shape index (κ2) is 9.82. The SMILES string of the molecule is CC(c1ccncc1NS(=O)(=O)c1ccccc1)C1NC(=O)N(c2ccc(SC(F)(F)F)cc2)C1=O. The molecule has 2 N–H and O–H groups in total. The number of pyridine rings is 1. The lowest BCUT2D eigenvalue weighted by Gasteiger charge is -2.21. The van der Waals surface area contributed by atoms with E-state index in [4.69, 9.17) is 0 Å². The normalized spacial score (nSPS) is 17.1. The van der Waals surface area contributed by atoms with Crippen LogP contribution in [0, 0.1) is 0 Å². The number of nitrogens with one attached hydrogen (secondary N) is 2. The lowest BCUT2D eigenvalue weighted by Crippen LogP contribution is -2.35. The van der Waals surface area contributed by atoms with E-state index in [1.165, 1.54) is 48.8 Å². The van der Waals surface area contributed by atoms with E-state index in [0.29, 0.717) is 5.56 Å². The minimum absolute atomic E-state index is 0.0380. The molecule has 2 unspecified atom stereocenters. The highest BCUT2D eigenvalue weighted by Gasteiger charge is 2.43. The molecule has 1 aromatic heterocycles. The smallest absolute Gasteiger partial charge is 0.325 e. The zero-order valence-electron chi connectivity index (χ0n) is 18.6. The molecule has 188 valence electrons. The summed E-state index contributed by atoms with van der Waals surface area (Å²) in [6, 6.07) is 12.3. The van der Waals surface area contributed by atoms with Gasteiger partial charge in [0.2, 0.25) is 0 Å². The Kier molecular flexibility index (Phi) is 6.96. The van der Waals surface area contributed by atoms with E-state index >= 15 is 0 Å². The third-order valence-corrected chi connectivity index (χ3v) is 7.56. The molecule has 0 bridgehead atoms. The van der Waals surface area contributed by atoms with Gasteiger partial charge in [0, 0.05) is 17.0 Å². The Morgan fingerprint density at radius 2 is 1.72 bits per heavy atom. The predicted octanol–water partition coefficient (Wildman–Crippen LogP) is 4.72. The number of benzene rings is 2. The first-order valence-electron chi connectivity index (χ1n) is 10.5. The number of carbonyl (C=O) groups excluding carboxylic acids is 2. The van der Waals surface area contributed by atoms with Gasteiger partial charge in [-0.2, -0.15) is 13.2 Å². The first-order chi connectivity index (χ1) is 17.0. The van der Waals surface area contributed by atoms with Crippen LogP contribution in [0.15, 0.2) is 82.8 Å². The number of aromatic nitrogens is 1. The molecule has 2 heterocycles. The van der Waals surface area contributed by atoms with Crippen molar-refractivity contribution in [2.45, 2.75) is 34.2 Å². The molecule has 1 aliphatic heterocycles. The van der Waals surface area contributed by atoms with Gasteiger partial charge in [0.25, 0.3) is 15.9 Å². The quantitative estimate of drug-likeness (QED) is 0.334. The summed E-state index contributed by atoms with van der Waals surface area (Å²) in [5.41, 5.74) is -3.80. The van der Waals surface area contributed by atoms with Crippen LogP contribution in [0.25, 0.3) is 0 Å². The van der Waals surface area contributed by atoms with Crippen molar-refractivity contribution in [2.75, 3.05) is 9.62 Å². The summed E-state index contributed by atoms with van der Waals surface area (Å²) in [4.78, 5) is 30.6. The van der Waals surface area contributed by atoms with Gasteiger partial charge < -0.3 is 5.32 Å². The van der Waals surface area contributed by atoms with Gasteiger partial charge in [-0.05, 0) is 59.8 Å². The van der Waals surface area contributed by atoms with E-state index in [0.717, 1.165) is 4.90 Å². The van der Waals surface area contributed by atoms with Gasteiger partial charge in [0.15, 0.2) is 0 Å². The largest absolute Gasteiger partial charge is 0.446 e. The van der Waals surface area contributed by atoms with Crippen LogP contribution in [-0.2, 0) is 14.8 Å². The molecule has 4 rings (SSSR count). The number of nitrogens with zero attached hydrogens (tertiary/aromatic N) is 2. The van der Waals surface area contributed by atoms with Crippen LogP contribution in [0.4, 0.5) is 29.3 Å². The lowest BCUT2D eigenvalue weighted by molar-refractivity contribution is -0.118. The van der Waals surface area contributed by atoms with Crippen LogP contribution in [-0.4, -0.2) is 36.9 Å². The van der Waals surface area contributed by atoms with Crippen molar-refractivity contribution in [3.05, 3.63) is 78.6 Å². The zero-order valence-corrected chi connectivity index (χ0v) is 20.2. The monoisotopic (exact) mass is 536 g/mol. The van der Waals surface area contributed by atoms with E-state index in [1.807, 2.05) is 0 Å². The molecule has 0 aliphatic carbocycles. The van der Waals surface area contributed by atoms with Crippen molar-refractivity contribution in [3.63, 3.8) is 0 Å². The maximum Gasteiger partial charge on any atom is 0.446 e. The number of alkyl halides is 3. The van der Waals surface area contributed by atoms with Crippen molar-refractivity contribution in [2.24, 2.45) is 0 Å². The van der Waals surface area contributed by atoms with E-state index in [-0.39, 0.29) is 32.9 Å². The Hall–Kier alpha value is -3.58. The standard InChI is InChI=1S/C23H19F3N4O4S2/c1-14(18-11-12-27-13-19(18)29-36(33,34)17-5-3-2-4-6-17)20-21(31)30(22(32)28-20)15-7-9-16(10-8-15)35-23(24,25)26/h2-14,20,29H,1H3,(H,28,32). The van der Waals surface area contributed by atoms with E-state index in [2.05, 4.69) is 15.0 Å². The van der Waals surface area contributed by atoms with Crippen LogP contribution >= 0.6 is 11.8 Å². The molecule has 1 fully saturated rings. The van der Waals surface area contributed by atoms with Gasteiger partial charge in [-0.3, -0.25) is 14.5 Å². The van der Waals surface area contributed by atoms with Crippen LogP contribution in [0.3, 0.4) is 0 Å². The van der Waals surface area contributed by atoms with Crippen molar-refractivity contribution in [1.29, 1.82) is 0 Å². The highest BCUT2D eigenvalue weighted by atomic mass is 32.2. The van der Waals surface area contributed by atoms with Gasteiger partial charge >= 0.3 is 11.5 Å². The Morgan fingerprint density at radius 3 is 2.36 bits per heavy atom.